The molecule has 0 fully saturated rings. The molecule has 0 atom stereocenters. The summed E-state index contributed by atoms with van der Waals surface area (Å²) in [6.45, 7) is 6.52. The predicted molar refractivity (Wildman–Crippen MR) is 95.3 cm³/mol. The lowest BCUT2D eigenvalue weighted by atomic mass is 10.0. The van der Waals surface area contributed by atoms with Gasteiger partial charge in [0.05, 0.1) is 16.9 Å². The lowest BCUT2D eigenvalue weighted by Crippen LogP contribution is -2.02. The molecule has 0 radical (unpaired) electrons. The summed E-state index contributed by atoms with van der Waals surface area (Å²) in [5.41, 5.74) is 11.8. The van der Waals surface area contributed by atoms with Gasteiger partial charge in [-0.2, -0.15) is 0 Å². The molecule has 3 rings (SSSR count). The lowest BCUT2D eigenvalue weighted by Gasteiger charge is -2.09. The summed E-state index contributed by atoms with van der Waals surface area (Å²) >= 11 is 0. The number of aromatic nitrogens is 3. The van der Waals surface area contributed by atoms with Gasteiger partial charge >= 0.3 is 0 Å². The number of aryl methyl sites for hydroxylation is 1. The van der Waals surface area contributed by atoms with E-state index in [9.17, 15) is 0 Å². The van der Waals surface area contributed by atoms with E-state index in [1.165, 1.54) is 5.56 Å². The van der Waals surface area contributed by atoms with E-state index in [1.807, 2.05) is 12.1 Å². The highest BCUT2D eigenvalue weighted by molar-refractivity contribution is 5.80. The van der Waals surface area contributed by atoms with Crippen molar-refractivity contribution in [3.8, 4) is 11.3 Å². The molecule has 1 aromatic carbocycles. The minimum atomic E-state index is 0.316. The van der Waals surface area contributed by atoms with Crippen molar-refractivity contribution in [3.63, 3.8) is 0 Å². The van der Waals surface area contributed by atoms with Crippen LogP contribution in [0, 0.1) is 0 Å². The number of anilines is 1. The summed E-state index contributed by atoms with van der Waals surface area (Å²) in [6, 6.07) is 12.6. The summed E-state index contributed by atoms with van der Waals surface area (Å²) in [5, 5.41) is 0. The molecule has 2 N–H and O–H groups in total. The van der Waals surface area contributed by atoms with E-state index < -0.39 is 0 Å². The van der Waals surface area contributed by atoms with Crippen LogP contribution >= 0.6 is 0 Å². The second kappa shape index (κ2) is 6.32. The van der Waals surface area contributed by atoms with Gasteiger partial charge in [0.25, 0.3) is 0 Å². The molecule has 0 aliphatic carbocycles. The maximum atomic E-state index is 5.80. The fourth-order valence-electron chi connectivity index (χ4n) is 2.70. The zero-order chi connectivity index (χ0) is 16.4. The van der Waals surface area contributed by atoms with Crippen LogP contribution in [0.25, 0.3) is 22.3 Å². The van der Waals surface area contributed by atoms with Crippen LogP contribution in [0.3, 0.4) is 0 Å². The first-order valence-electron chi connectivity index (χ1n) is 8.12. The van der Waals surface area contributed by atoms with Gasteiger partial charge < -0.3 is 5.73 Å². The van der Waals surface area contributed by atoms with Crippen molar-refractivity contribution in [2.45, 2.75) is 39.5 Å². The van der Waals surface area contributed by atoms with Crippen molar-refractivity contribution in [2.24, 2.45) is 0 Å². The highest BCUT2D eigenvalue weighted by Gasteiger charge is 2.09. The monoisotopic (exact) mass is 306 g/mol. The predicted octanol–water partition coefficient (Wildman–Crippen LogP) is 4.35. The smallest absolute Gasteiger partial charge is 0.220 e. The molecular weight excluding hydrogens is 284 g/mol. The quantitative estimate of drug-likeness (QED) is 0.778. The molecule has 0 unspecified atom stereocenters. The normalized spacial score (nSPS) is 11.3. The largest absolute Gasteiger partial charge is 0.368 e. The van der Waals surface area contributed by atoms with Gasteiger partial charge in [0.1, 0.15) is 5.52 Å². The second-order valence-corrected chi connectivity index (χ2v) is 6.12. The van der Waals surface area contributed by atoms with Crippen LogP contribution in [0.15, 0.2) is 36.4 Å². The zero-order valence-electron chi connectivity index (χ0n) is 13.9. The van der Waals surface area contributed by atoms with Crippen molar-refractivity contribution in [1.29, 1.82) is 0 Å². The van der Waals surface area contributed by atoms with Gasteiger partial charge in [-0.15, -0.1) is 0 Å². The van der Waals surface area contributed by atoms with Crippen molar-refractivity contribution in [3.05, 3.63) is 47.7 Å². The highest BCUT2D eigenvalue weighted by atomic mass is 15.0. The topological polar surface area (TPSA) is 64.7 Å². The maximum absolute atomic E-state index is 5.80. The van der Waals surface area contributed by atoms with Gasteiger partial charge in [-0.25, -0.2) is 15.0 Å². The number of nitrogens with zero attached hydrogens (tertiary/aromatic N) is 3. The van der Waals surface area contributed by atoms with E-state index in [0.29, 0.717) is 11.9 Å². The molecule has 118 valence electrons. The first kappa shape index (κ1) is 15.4. The first-order valence-corrected chi connectivity index (χ1v) is 8.12. The number of benzene rings is 1. The highest BCUT2D eigenvalue weighted by Crippen LogP contribution is 2.24. The van der Waals surface area contributed by atoms with E-state index in [0.717, 1.165) is 40.8 Å². The van der Waals surface area contributed by atoms with E-state index in [1.54, 1.807) is 0 Å². The molecular formula is C19H22N4. The molecule has 4 nitrogen and oxygen atoms in total. The number of fused-ring (bicyclic) bond motifs is 1. The van der Waals surface area contributed by atoms with Gasteiger partial charge in [0.15, 0.2) is 0 Å². The molecule has 0 bridgehead atoms. The lowest BCUT2D eigenvalue weighted by molar-refractivity contribution is 0.867. The van der Waals surface area contributed by atoms with Crippen LogP contribution in [0.4, 0.5) is 5.95 Å². The molecule has 0 saturated heterocycles. The van der Waals surface area contributed by atoms with Crippen LogP contribution in [-0.4, -0.2) is 15.0 Å². The summed E-state index contributed by atoms with van der Waals surface area (Å²) in [5.74, 6) is 0.845. The minimum Gasteiger partial charge on any atom is -0.368 e. The van der Waals surface area contributed by atoms with E-state index in [4.69, 9.17) is 10.7 Å². The van der Waals surface area contributed by atoms with Gasteiger partial charge in [-0.1, -0.05) is 51.5 Å². The molecule has 4 heteroatoms. The SMILES string of the molecule is CCCc1nc(N)nc2ccc(-c3ccc(C(C)C)cc3)nc12. The Morgan fingerprint density at radius 1 is 0.957 bits per heavy atom. The molecule has 0 aliphatic rings. The van der Waals surface area contributed by atoms with Gasteiger partial charge in [0.2, 0.25) is 5.95 Å². The fourth-order valence-corrected chi connectivity index (χ4v) is 2.70. The van der Waals surface area contributed by atoms with Gasteiger partial charge in [-0.3, -0.25) is 0 Å². The third-order valence-corrected chi connectivity index (χ3v) is 3.99. The van der Waals surface area contributed by atoms with E-state index in [2.05, 4.69) is 55.0 Å². The molecule has 2 heterocycles. The average molecular weight is 306 g/mol. The van der Waals surface area contributed by atoms with Crippen molar-refractivity contribution < 1.29 is 0 Å². The summed E-state index contributed by atoms with van der Waals surface area (Å²) in [7, 11) is 0. The Bertz CT molecular complexity index is 823. The summed E-state index contributed by atoms with van der Waals surface area (Å²) in [4.78, 5) is 13.5. The average Bonchev–Trinajstić information content (AvgIpc) is 2.55. The molecule has 0 spiro atoms. The Balaban J connectivity index is 2.08. The Labute approximate surface area is 136 Å². The number of nitrogens with two attached hydrogens (primary N) is 1. The molecule has 0 amide bonds. The number of rotatable bonds is 4. The standard InChI is InChI=1S/C19H22N4/c1-4-5-16-18-17(23-19(20)22-16)11-10-15(21-18)14-8-6-13(7-9-14)12(2)3/h6-12H,4-5H2,1-3H3,(H2,20,22,23). The first-order chi connectivity index (χ1) is 11.1. The molecule has 3 aromatic rings. The summed E-state index contributed by atoms with van der Waals surface area (Å²) in [6.07, 6.45) is 1.85. The van der Waals surface area contributed by atoms with Gasteiger partial charge in [-0.05, 0) is 30.0 Å². The second-order valence-electron chi connectivity index (χ2n) is 6.12. The number of nitrogen functional groups attached to an aromatic ring is 1. The Morgan fingerprint density at radius 3 is 2.35 bits per heavy atom. The molecule has 0 aliphatic heterocycles. The Hall–Kier alpha value is -2.49. The third-order valence-electron chi connectivity index (χ3n) is 3.99. The number of pyridine rings is 1. The minimum absolute atomic E-state index is 0.316. The van der Waals surface area contributed by atoms with E-state index in [-0.39, 0.29) is 0 Å². The van der Waals surface area contributed by atoms with Crippen molar-refractivity contribution in [2.75, 3.05) is 5.73 Å². The van der Waals surface area contributed by atoms with Crippen LogP contribution < -0.4 is 5.73 Å². The molecule has 2 aromatic heterocycles. The molecule has 0 saturated carbocycles. The fraction of sp³-hybridized carbons (Fsp3) is 0.316. The Kier molecular flexibility index (Phi) is 4.24. The van der Waals surface area contributed by atoms with Crippen LogP contribution in [0.2, 0.25) is 0 Å². The molecule has 23 heavy (non-hydrogen) atoms. The third kappa shape index (κ3) is 3.16. The number of hydrogen-bond acceptors (Lipinski definition) is 4. The van der Waals surface area contributed by atoms with E-state index >= 15 is 0 Å². The van der Waals surface area contributed by atoms with Crippen molar-refractivity contribution >= 4 is 17.0 Å². The van der Waals surface area contributed by atoms with Crippen LogP contribution in [-0.2, 0) is 6.42 Å². The zero-order valence-corrected chi connectivity index (χ0v) is 13.9. The van der Waals surface area contributed by atoms with Gasteiger partial charge in [0, 0.05) is 5.56 Å². The van der Waals surface area contributed by atoms with Crippen LogP contribution in [0.5, 0.6) is 0 Å². The number of hydrogen-bond donors (Lipinski definition) is 1. The summed E-state index contributed by atoms with van der Waals surface area (Å²) < 4.78 is 0. The van der Waals surface area contributed by atoms with Crippen molar-refractivity contribution in [1.82, 2.24) is 15.0 Å². The maximum Gasteiger partial charge on any atom is 0.220 e. The van der Waals surface area contributed by atoms with Crippen LogP contribution in [0.1, 0.15) is 44.4 Å². The Morgan fingerprint density at radius 2 is 1.70 bits per heavy atom.